The van der Waals surface area contributed by atoms with Crippen LogP contribution in [-0.2, 0) is 0 Å². The van der Waals surface area contributed by atoms with Gasteiger partial charge < -0.3 is 10.5 Å². The Balaban J connectivity index is 2.39. The Morgan fingerprint density at radius 1 is 1.35 bits per heavy atom. The topological polar surface area (TPSA) is 35.2 Å². The van der Waals surface area contributed by atoms with E-state index in [1.165, 1.54) is 0 Å². The largest absolute Gasteiger partial charge is 0.494 e. The van der Waals surface area contributed by atoms with Gasteiger partial charge in [0.05, 0.1) is 6.61 Å². The van der Waals surface area contributed by atoms with E-state index in [4.69, 9.17) is 10.5 Å². The zero-order chi connectivity index (χ0) is 12.9. The monoisotopic (exact) mass is 247 g/mol. The molecule has 1 atom stereocenters. The number of halogens is 3. The highest BCUT2D eigenvalue weighted by molar-refractivity contribution is 5.30. The first kappa shape index (κ1) is 13.8. The molecule has 17 heavy (non-hydrogen) atoms. The molecule has 0 amide bonds. The quantitative estimate of drug-likeness (QED) is 0.809. The van der Waals surface area contributed by atoms with Crippen molar-refractivity contribution in [3.63, 3.8) is 0 Å². The Hall–Kier alpha value is -1.23. The van der Waals surface area contributed by atoms with Gasteiger partial charge in [0, 0.05) is 12.5 Å². The van der Waals surface area contributed by atoms with E-state index in [2.05, 4.69) is 0 Å². The molecule has 0 bridgehead atoms. The van der Waals surface area contributed by atoms with E-state index in [0.717, 1.165) is 5.56 Å². The molecule has 0 aromatic heterocycles. The number of ether oxygens (including phenoxy) is 1. The maximum absolute atomic E-state index is 11.9. The van der Waals surface area contributed by atoms with E-state index in [9.17, 15) is 13.2 Å². The van der Waals surface area contributed by atoms with Gasteiger partial charge in [0.2, 0.25) is 0 Å². The normalized spacial score (nSPS) is 13.5. The molecule has 0 saturated heterocycles. The molecule has 1 aromatic rings. The minimum absolute atomic E-state index is 0.0358. The Labute approximate surface area is 98.6 Å². The lowest BCUT2D eigenvalue weighted by atomic mass is 10.1. The van der Waals surface area contributed by atoms with E-state index in [0.29, 0.717) is 5.75 Å². The van der Waals surface area contributed by atoms with Gasteiger partial charge in [-0.1, -0.05) is 12.1 Å². The molecular formula is C12H16F3NO. The highest BCUT2D eigenvalue weighted by atomic mass is 19.4. The summed E-state index contributed by atoms with van der Waals surface area (Å²) in [6.07, 6.45) is -4.97. The van der Waals surface area contributed by atoms with Crippen molar-refractivity contribution in [2.24, 2.45) is 5.73 Å². The standard InChI is InChI=1S/C12H16F3NO/c1-9(16)10-4-2-5-11(8-10)17-7-3-6-12(13,14)15/h2,4-5,8-9H,3,6-7,16H2,1H3/t9-/m1/s1. The molecule has 96 valence electrons. The number of benzene rings is 1. The summed E-state index contributed by atoms with van der Waals surface area (Å²) in [6.45, 7) is 1.89. The number of alkyl halides is 3. The Morgan fingerprint density at radius 3 is 2.65 bits per heavy atom. The summed E-state index contributed by atoms with van der Waals surface area (Å²) < 4.78 is 40.9. The van der Waals surface area contributed by atoms with Crippen LogP contribution in [0.4, 0.5) is 13.2 Å². The van der Waals surface area contributed by atoms with Gasteiger partial charge in [0.15, 0.2) is 0 Å². The average molecular weight is 247 g/mol. The zero-order valence-corrected chi connectivity index (χ0v) is 9.63. The van der Waals surface area contributed by atoms with Gasteiger partial charge in [0.1, 0.15) is 5.75 Å². The van der Waals surface area contributed by atoms with Gasteiger partial charge in [0.25, 0.3) is 0 Å². The fourth-order valence-corrected chi connectivity index (χ4v) is 1.35. The molecule has 0 fully saturated rings. The van der Waals surface area contributed by atoms with Crippen LogP contribution in [0.3, 0.4) is 0 Å². The Morgan fingerprint density at radius 2 is 2.06 bits per heavy atom. The summed E-state index contributed by atoms with van der Waals surface area (Å²) in [4.78, 5) is 0. The van der Waals surface area contributed by atoms with E-state index < -0.39 is 12.6 Å². The van der Waals surface area contributed by atoms with E-state index in [1.54, 1.807) is 18.2 Å². The SMILES string of the molecule is C[C@@H](N)c1cccc(OCCCC(F)(F)F)c1. The first-order chi connectivity index (χ1) is 7.88. The molecular weight excluding hydrogens is 231 g/mol. The summed E-state index contributed by atoms with van der Waals surface area (Å²) in [7, 11) is 0. The lowest BCUT2D eigenvalue weighted by molar-refractivity contribution is -0.136. The Kier molecular flexibility index (Phi) is 4.81. The van der Waals surface area contributed by atoms with E-state index in [-0.39, 0.29) is 19.1 Å². The molecule has 0 aliphatic heterocycles. The first-order valence-corrected chi connectivity index (χ1v) is 5.43. The lowest BCUT2D eigenvalue weighted by Gasteiger charge is -2.10. The molecule has 2 N–H and O–H groups in total. The molecule has 1 rings (SSSR count). The fourth-order valence-electron chi connectivity index (χ4n) is 1.35. The highest BCUT2D eigenvalue weighted by Gasteiger charge is 2.26. The number of hydrogen-bond donors (Lipinski definition) is 1. The average Bonchev–Trinajstić information content (AvgIpc) is 2.23. The molecule has 2 nitrogen and oxygen atoms in total. The van der Waals surface area contributed by atoms with Gasteiger partial charge in [-0.2, -0.15) is 13.2 Å². The van der Waals surface area contributed by atoms with Crippen molar-refractivity contribution >= 4 is 0 Å². The highest BCUT2D eigenvalue weighted by Crippen LogP contribution is 2.22. The van der Waals surface area contributed by atoms with Crippen LogP contribution in [0.15, 0.2) is 24.3 Å². The first-order valence-electron chi connectivity index (χ1n) is 5.43. The van der Waals surface area contributed by atoms with Gasteiger partial charge in [-0.3, -0.25) is 0 Å². The summed E-state index contributed by atoms with van der Waals surface area (Å²) >= 11 is 0. The summed E-state index contributed by atoms with van der Waals surface area (Å²) in [6, 6.07) is 6.97. The van der Waals surface area contributed by atoms with Crippen molar-refractivity contribution in [3.05, 3.63) is 29.8 Å². The lowest BCUT2D eigenvalue weighted by Crippen LogP contribution is -2.10. The molecule has 0 radical (unpaired) electrons. The third-order valence-electron chi connectivity index (χ3n) is 2.26. The van der Waals surface area contributed by atoms with Gasteiger partial charge in [-0.05, 0) is 31.0 Å². The number of rotatable bonds is 5. The molecule has 0 unspecified atom stereocenters. The zero-order valence-electron chi connectivity index (χ0n) is 9.63. The van der Waals surface area contributed by atoms with Crippen LogP contribution in [-0.4, -0.2) is 12.8 Å². The molecule has 0 saturated carbocycles. The van der Waals surface area contributed by atoms with Crippen molar-refractivity contribution in [3.8, 4) is 5.75 Å². The van der Waals surface area contributed by atoms with Gasteiger partial charge in [-0.25, -0.2) is 0 Å². The predicted octanol–water partition coefficient (Wildman–Crippen LogP) is 3.43. The van der Waals surface area contributed by atoms with E-state index in [1.807, 2.05) is 13.0 Å². The predicted molar refractivity (Wildman–Crippen MR) is 59.8 cm³/mol. The van der Waals surface area contributed by atoms with Crippen molar-refractivity contribution in [1.29, 1.82) is 0 Å². The molecule has 0 aliphatic carbocycles. The van der Waals surface area contributed by atoms with Crippen LogP contribution < -0.4 is 10.5 Å². The Bertz CT molecular complexity index is 350. The van der Waals surface area contributed by atoms with Crippen molar-refractivity contribution in [2.75, 3.05) is 6.61 Å². The van der Waals surface area contributed by atoms with Crippen molar-refractivity contribution < 1.29 is 17.9 Å². The van der Waals surface area contributed by atoms with Crippen LogP contribution in [0.25, 0.3) is 0 Å². The second-order valence-corrected chi connectivity index (χ2v) is 3.93. The third-order valence-corrected chi connectivity index (χ3v) is 2.26. The van der Waals surface area contributed by atoms with E-state index >= 15 is 0 Å². The molecule has 0 heterocycles. The molecule has 1 aromatic carbocycles. The van der Waals surface area contributed by atoms with Crippen molar-refractivity contribution in [2.45, 2.75) is 32.0 Å². The summed E-state index contributed by atoms with van der Waals surface area (Å²) in [5.41, 5.74) is 6.59. The minimum atomic E-state index is -4.11. The fraction of sp³-hybridized carbons (Fsp3) is 0.500. The van der Waals surface area contributed by atoms with Crippen LogP contribution in [0.2, 0.25) is 0 Å². The molecule has 0 aliphatic rings. The van der Waals surface area contributed by atoms with Crippen LogP contribution in [0.5, 0.6) is 5.75 Å². The third kappa shape index (κ3) is 5.58. The van der Waals surface area contributed by atoms with Crippen LogP contribution in [0.1, 0.15) is 31.4 Å². The molecule has 0 spiro atoms. The van der Waals surface area contributed by atoms with Gasteiger partial charge >= 0.3 is 6.18 Å². The maximum Gasteiger partial charge on any atom is 0.389 e. The summed E-state index contributed by atoms with van der Waals surface area (Å²) in [5.74, 6) is 0.557. The minimum Gasteiger partial charge on any atom is -0.494 e. The van der Waals surface area contributed by atoms with Crippen molar-refractivity contribution in [1.82, 2.24) is 0 Å². The van der Waals surface area contributed by atoms with Crippen LogP contribution >= 0.6 is 0 Å². The number of hydrogen-bond acceptors (Lipinski definition) is 2. The maximum atomic E-state index is 11.9. The summed E-state index contributed by atoms with van der Waals surface area (Å²) in [5, 5.41) is 0. The molecule has 5 heteroatoms. The number of nitrogens with two attached hydrogens (primary N) is 1. The second kappa shape index (κ2) is 5.91. The second-order valence-electron chi connectivity index (χ2n) is 3.93. The van der Waals surface area contributed by atoms with Crippen LogP contribution in [0, 0.1) is 0 Å². The smallest absolute Gasteiger partial charge is 0.389 e. The van der Waals surface area contributed by atoms with Gasteiger partial charge in [-0.15, -0.1) is 0 Å².